The molecule has 0 radical (unpaired) electrons. The number of hydrogen-bond acceptors (Lipinski definition) is 5. The van der Waals surface area contributed by atoms with Gasteiger partial charge in [0.1, 0.15) is 17.1 Å². The standard InChI is InChI=1S/C16H14O6S/c17-15-8-7-12(11-14(15)16(18)19)22-9-4-10-23(20,21)13-5-2-1-3-6-13/h1-9,11,17H,10H2,(H,18,19)/b9-4-. The molecular weight excluding hydrogens is 320 g/mol. The van der Waals surface area contributed by atoms with Crippen molar-refractivity contribution in [3.05, 3.63) is 66.4 Å². The van der Waals surface area contributed by atoms with Gasteiger partial charge in [0.15, 0.2) is 9.84 Å². The first-order valence-electron chi connectivity index (χ1n) is 6.56. The van der Waals surface area contributed by atoms with Gasteiger partial charge in [-0.2, -0.15) is 0 Å². The third-order valence-electron chi connectivity index (χ3n) is 2.92. The Bertz CT molecular complexity index is 825. The van der Waals surface area contributed by atoms with Crippen LogP contribution in [0.4, 0.5) is 0 Å². The lowest BCUT2D eigenvalue weighted by molar-refractivity contribution is 0.0693. The second-order valence-electron chi connectivity index (χ2n) is 4.57. The van der Waals surface area contributed by atoms with E-state index < -0.39 is 15.8 Å². The minimum Gasteiger partial charge on any atom is -0.507 e. The molecule has 0 saturated carbocycles. The zero-order valence-corrected chi connectivity index (χ0v) is 12.7. The van der Waals surface area contributed by atoms with Crippen LogP contribution in [0.2, 0.25) is 0 Å². The van der Waals surface area contributed by atoms with Crippen LogP contribution in [0.1, 0.15) is 10.4 Å². The van der Waals surface area contributed by atoms with Crippen molar-refractivity contribution in [1.29, 1.82) is 0 Å². The first-order valence-corrected chi connectivity index (χ1v) is 8.21. The van der Waals surface area contributed by atoms with Crippen molar-refractivity contribution in [3.63, 3.8) is 0 Å². The Labute approximate surface area is 133 Å². The van der Waals surface area contributed by atoms with Gasteiger partial charge in [0.05, 0.1) is 16.9 Å². The van der Waals surface area contributed by atoms with E-state index in [1.807, 2.05) is 0 Å². The summed E-state index contributed by atoms with van der Waals surface area (Å²) in [5.41, 5.74) is -0.298. The maximum atomic E-state index is 12.0. The molecule has 0 fully saturated rings. The largest absolute Gasteiger partial charge is 0.507 e. The highest BCUT2D eigenvalue weighted by Gasteiger charge is 2.12. The summed E-state index contributed by atoms with van der Waals surface area (Å²) in [4.78, 5) is 11.1. The van der Waals surface area contributed by atoms with E-state index in [4.69, 9.17) is 9.84 Å². The molecule has 2 rings (SSSR count). The van der Waals surface area contributed by atoms with Crippen LogP contribution in [-0.4, -0.2) is 30.4 Å². The van der Waals surface area contributed by atoms with Crippen molar-refractivity contribution < 1.29 is 28.2 Å². The number of carbonyl (C=O) groups is 1. The van der Waals surface area contributed by atoms with Crippen LogP contribution in [0.3, 0.4) is 0 Å². The summed E-state index contributed by atoms with van der Waals surface area (Å²) in [6.07, 6.45) is 2.48. The number of ether oxygens (including phenoxy) is 1. The number of rotatable bonds is 6. The van der Waals surface area contributed by atoms with Gasteiger partial charge in [-0.3, -0.25) is 0 Å². The van der Waals surface area contributed by atoms with Crippen LogP contribution in [-0.2, 0) is 9.84 Å². The number of hydrogen-bond donors (Lipinski definition) is 2. The van der Waals surface area contributed by atoms with Gasteiger partial charge < -0.3 is 14.9 Å². The molecule has 0 saturated heterocycles. The SMILES string of the molecule is O=C(O)c1cc(O/C=C\CS(=O)(=O)c2ccccc2)ccc1O. The number of benzene rings is 2. The van der Waals surface area contributed by atoms with Crippen molar-refractivity contribution >= 4 is 15.8 Å². The zero-order valence-electron chi connectivity index (χ0n) is 11.9. The van der Waals surface area contributed by atoms with Crippen LogP contribution < -0.4 is 4.74 Å². The highest BCUT2D eigenvalue weighted by atomic mass is 32.2. The summed E-state index contributed by atoms with van der Waals surface area (Å²) in [6, 6.07) is 11.7. The molecule has 0 heterocycles. The Balaban J connectivity index is 2.03. The minimum absolute atomic E-state index is 0.175. The molecule has 2 aromatic carbocycles. The van der Waals surface area contributed by atoms with E-state index in [9.17, 15) is 18.3 Å². The smallest absolute Gasteiger partial charge is 0.339 e. The molecule has 0 aromatic heterocycles. The Morgan fingerprint density at radius 1 is 1.13 bits per heavy atom. The van der Waals surface area contributed by atoms with Crippen LogP contribution in [0.25, 0.3) is 0 Å². The third kappa shape index (κ3) is 4.33. The van der Waals surface area contributed by atoms with E-state index in [-0.39, 0.29) is 27.7 Å². The molecule has 0 unspecified atom stereocenters. The lowest BCUT2D eigenvalue weighted by Crippen LogP contribution is -2.04. The summed E-state index contributed by atoms with van der Waals surface area (Å²) in [7, 11) is -3.44. The minimum atomic E-state index is -3.44. The molecule has 0 aliphatic carbocycles. The quantitative estimate of drug-likeness (QED) is 0.787. The highest BCUT2D eigenvalue weighted by molar-refractivity contribution is 7.91. The van der Waals surface area contributed by atoms with Crippen molar-refractivity contribution in [2.45, 2.75) is 4.90 Å². The van der Waals surface area contributed by atoms with Crippen molar-refractivity contribution in [3.8, 4) is 11.5 Å². The molecule has 0 amide bonds. The van der Waals surface area contributed by atoms with Crippen LogP contribution >= 0.6 is 0 Å². The van der Waals surface area contributed by atoms with E-state index in [0.717, 1.165) is 6.07 Å². The number of phenols is 1. The van der Waals surface area contributed by atoms with Crippen molar-refractivity contribution in [1.82, 2.24) is 0 Å². The Morgan fingerprint density at radius 2 is 1.83 bits per heavy atom. The molecule has 0 bridgehead atoms. The molecule has 6 nitrogen and oxygen atoms in total. The summed E-state index contributed by atoms with van der Waals surface area (Å²) in [6.45, 7) is 0. The average Bonchev–Trinajstić information content (AvgIpc) is 2.53. The molecule has 2 aromatic rings. The molecule has 0 aliphatic rings. The fraction of sp³-hybridized carbons (Fsp3) is 0.0625. The number of aromatic carboxylic acids is 1. The Kier molecular flexibility index (Phi) is 5.02. The van der Waals surface area contributed by atoms with Crippen LogP contribution in [0.5, 0.6) is 11.5 Å². The van der Waals surface area contributed by atoms with E-state index in [1.165, 1.54) is 36.6 Å². The number of aromatic hydroxyl groups is 1. The summed E-state index contributed by atoms with van der Waals surface area (Å²) >= 11 is 0. The maximum Gasteiger partial charge on any atom is 0.339 e. The molecule has 0 atom stereocenters. The normalized spacial score (nSPS) is 11.5. The average molecular weight is 334 g/mol. The van der Waals surface area contributed by atoms with E-state index >= 15 is 0 Å². The van der Waals surface area contributed by atoms with Gasteiger partial charge in [-0.1, -0.05) is 18.2 Å². The fourth-order valence-corrected chi connectivity index (χ4v) is 2.87. The topological polar surface area (TPSA) is 101 Å². The maximum absolute atomic E-state index is 12.0. The van der Waals surface area contributed by atoms with Crippen molar-refractivity contribution in [2.24, 2.45) is 0 Å². The Morgan fingerprint density at radius 3 is 2.48 bits per heavy atom. The Hall–Kier alpha value is -2.80. The van der Waals surface area contributed by atoms with Crippen LogP contribution in [0, 0.1) is 0 Å². The zero-order chi connectivity index (χ0) is 16.9. The molecule has 0 aliphatic heterocycles. The second-order valence-corrected chi connectivity index (χ2v) is 6.60. The number of sulfone groups is 1. The predicted molar refractivity (Wildman–Crippen MR) is 83.3 cm³/mol. The molecular formula is C16H14O6S. The molecule has 23 heavy (non-hydrogen) atoms. The van der Waals surface area contributed by atoms with Gasteiger partial charge >= 0.3 is 5.97 Å². The van der Waals surface area contributed by atoms with Gasteiger partial charge in [-0.25, -0.2) is 13.2 Å². The lowest BCUT2D eigenvalue weighted by Gasteiger charge is -2.04. The molecule has 7 heteroatoms. The summed E-state index contributed by atoms with van der Waals surface area (Å²) < 4.78 is 29.2. The monoisotopic (exact) mass is 334 g/mol. The van der Waals surface area contributed by atoms with Gasteiger partial charge in [0.25, 0.3) is 0 Å². The molecule has 2 N–H and O–H groups in total. The van der Waals surface area contributed by atoms with Gasteiger partial charge in [0, 0.05) is 0 Å². The van der Waals surface area contributed by atoms with Gasteiger partial charge in [0.2, 0.25) is 0 Å². The fourth-order valence-electron chi connectivity index (χ4n) is 1.78. The number of carboxylic acids is 1. The number of carboxylic acid groups (broad SMARTS) is 1. The van der Waals surface area contributed by atoms with E-state index in [0.29, 0.717) is 0 Å². The van der Waals surface area contributed by atoms with E-state index in [1.54, 1.807) is 18.2 Å². The summed E-state index contributed by atoms with van der Waals surface area (Å²) in [5.74, 6) is -1.74. The molecule has 0 spiro atoms. The van der Waals surface area contributed by atoms with E-state index in [2.05, 4.69) is 0 Å². The lowest BCUT2D eigenvalue weighted by atomic mass is 10.2. The first-order chi connectivity index (χ1) is 10.9. The summed E-state index contributed by atoms with van der Waals surface area (Å²) in [5, 5.41) is 18.3. The van der Waals surface area contributed by atoms with Gasteiger partial charge in [-0.05, 0) is 36.4 Å². The molecule has 120 valence electrons. The predicted octanol–water partition coefficient (Wildman–Crippen LogP) is 2.46. The third-order valence-corrected chi connectivity index (χ3v) is 4.54. The van der Waals surface area contributed by atoms with Crippen LogP contribution in [0.15, 0.2) is 65.8 Å². The highest BCUT2D eigenvalue weighted by Crippen LogP contribution is 2.23. The van der Waals surface area contributed by atoms with Crippen molar-refractivity contribution in [2.75, 3.05) is 5.75 Å². The first kappa shape index (κ1) is 16.6. The van der Waals surface area contributed by atoms with Gasteiger partial charge in [-0.15, -0.1) is 0 Å². The second kappa shape index (κ2) is 6.97.